The summed E-state index contributed by atoms with van der Waals surface area (Å²) in [7, 11) is -4.23. The van der Waals surface area contributed by atoms with Crippen LogP contribution in [0.4, 0.5) is 0 Å². The summed E-state index contributed by atoms with van der Waals surface area (Å²) in [4.78, 5) is 25.4. The van der Waals surface area contributed by atoms with Crippen LogP contribution in [0.25, 0.3) is 10.8 Å². The van der Waals surface area contributed by atoms with Crippen LogP contribution in [-0.4, -0.2) is 42.0 Å². The van der Waals surface area contributed by atoms with Crippen LogP contribution in [0.3, 0.4) is 0 Å². The molecule has 0 fully saturated rings. The SMILES string of the molecule is O=C1c2ccc3ccccc3c2C(=O)N1CCS(=O)(=O)O. The number of imide groups is 1. The predicted octanol–water partition coefficient (Wildman–Crippen LogP) is 1.32. The van der Waals surface area contributed by atoms with E-state index in [0.717, 1.165) is 10.3 Å². The summed E-state index contributed by atoms with van der Waals surface area (Å²) in [6, 6.07) is 10.5. The molecule has 0 atom stereocenters. The average molecular weight is 305 g/mol. The first-order valence-electron chi connectivity index (χ1n) is 6.21. The van der Waals surface area contributed by atoms with Crippen LogP contribution in [0.2, 0.25) is 0 Å². The highest BCUT2D eigenvalue weighted by atomic mass is 32.2. The molecule has 6 nitrogen and oxygen atoms in total. The molecule has 0 saturated carbocycles. The zero-order chi connectivity index (χ0) is 15.2. The van der Waals surface area contributed by atoms with E-state index in [-0.39, 0.29) is 17.7 Å². The molecule has 0 aromatic heterocycles. The van der Waals surface area contributed by atoms with Crippen molar-refractivity contribution in [2.24, 2.45) is 0 Å². The molecule has 2 amide bonds. The van der Waals surface area contributed by atoms with Crippen molar-refractivity contribution in [2.45, 2.75) is 0 Å². The molecule has 0 bridgehead atoms. The van der Waals surface area contributed by atoms with Crippen LogP contribution < -0.4 is 0 Å². The summed E-state index contributed by atoms with van der Waals surface area (Å²) in [6.07, 6.45) is 0. The number of nitrogens with zero attached hydrogens (tertiary/aromatic N) is 1. The van der Waals surface area contributed by atoms with Crippen molar-refractivity contribution in [3.8, 4) is 0 Å². The Morgan fingerprint density at radius 1 is 1.00 bits per heavy atom. The standard InChI is InChI=1S/C14H11NO5S/c16-13-11-6-5-9-3-1-2-4-10(9)12(11)14(17)15(13)7-8-21(18,19)20/h1-6H,7-8H2,(H,18,19,20). The molecule has 1 heterocycles. The van der Waals surface area contributed by atoms with E-state index < -0.39 is 27.7 Å². The molecule has 2 aromatic carbocycles. The molecule has 0 aliphatic carbocycles. The van der Waals surface area contributed by atoms with Gasteiger partial charge in [0, 0.05) is 6.54 Å². The Balaban J connectivity index is 2.06. The average Bonchev–Trinajstić information content (AvgIpc) is 2.68. The maximum Gasteiger partial charge on any atom is 0.266 e. The van der Waals surface area contributed by atoms with Gasteiger partial charge in [0.1, 0.15) is 0 Å². The molecule has 108 valence electrons. The minimum atomic E-state index is -4.23. The van der Waals surface area contributed by atoms with E-state index in [4.69, 9.17) is 4.55 Å². The molecular weight excluding hydrogens is 294 g/mol. The summed E-state index contributed by atoms with van der Waals surface area (Å²) >= 11 is 0. The van der Waals surface area contributed by atoms with E-state index in [1.807, 2.05) is 12.1 Å². The number of fused-ring (bicyclic) bond motifs is 3. The zero-order valence-electron chi connectivity index (χ0n) is 10.8. The highest BCUT2D eigenvalue weighted by Gasteiger charge is 2.37. The van der Waals surface area contributed by atoms with Gasteiger partial charge in [0.05, 0.1) is 16.9 Å². The number of hydrogen-bond acceptors (Lipinski definition) is 4. The van der Waals surface area contributed by atoms with Crippen molar-refractivity contribution in [2.75, 3.05) is 12.3 Å². The fraction of sp³-hybridized carbons (Fsp3) is 0.143. The monoisotopic (exact) mass is 305 g/mol. The van der Waals surface area contributed by atoms with Gasteiger partial charge in [0.15, 0.2) is 0 Å². The van der Waals surface area contributed by atoms with Crippen LogP contribution in [-0.2, 0) is 10.1 Å². The summed E-state index contributed by atoms with van der Waals surface area (Å²) in [5, 5.41) is 1.48. The molecule has 2 aromatic rings. The molecule has 0 spiro atoms. The van der Waals surface area contributed by atoms with Crippen molar-refractivity contribution in [3.63, 3.8) is 0 Å². The van der Waals surface area contributed by atoms with Gasteiger partial charge < -0.3 is 0 Å². The molecule has 21 heavy (non-hydrogen) atoms. The first-order valence-corrected chi connectivity index (χ1v) is 7.82. The van der Waals surface area contributed by atoms with Gasteiger partial charge in [0.25, 0.3) is 21.9 Å². The first kappa shape index (κ1) is 13.7. The molecule has 0 saturated heterocycles. The van der Waals surface area contributed by atoms with Gasteiger partial charge in [-0.15, -0.1) is 0 Å². The Hall–Kier alpha value is -2.25. The van der Waals surface area contributed by atoms with Crippen LogP contribution >= 0.6 is 0 Å². The lowest BCUT2D eigenvalue weighted by atomic mass is 10.0. The second-order valence-corrected chi connectivity index (χ2v) is 6.33. The van der Waals surface area contributed by atoms with Gasteiger partial charge in [-0.05, 0) is 16.8 Å². The summed E-state index contributed by atoms with van der Waals surface area (Å²) in [6.45, 7) is -0.362. The van der Waals surface area contributed by atoms with E-state index in [1.165, 1.54) is 0 Å². The summed E-state index contributed by atoms with van der Waals surface area (Å²) < 4.78 is 30.3. The Morgan fingerprint density at radius 3 is 2.43 bits per heavy atom. The topological polar surface area (TPSA) is 91.8 Å². The molecule has 7 heteroatoms. The maximum absolute atomic E-state index is 12.4. The van der Waals surface area contributed by atoms with Crippen molar-refractivity contribution < 1.29 is 22.6 Å². The van der Waals surface area contributed by atoms with Crippen molar-refractivity contribution in [1.29, 1.82) is 0 Å². The lowest BCUT2D eigenvalue weighted by Crippen LogP contribution is -2.34. The van der Waals surface area contributed by atoms with Crippen molar-refractivity contribution in [1.82, 2.24) is 4.90 Å². The highest BCUT2D eigenvalue weighted by Crippen LogP contribution is 2.30. The second-order valence-electron chi connectivity index (χ2n) is 4.76. The third-order valence-corrected chi connectivity index (χ3v) is 4.13. The van der Waals surface area contributed by atoms with E-state index >= 15 is 0 Å². The lowest BCUT2D eigenvalue weighted by Gasteiger charge is -2.12. The third-order valence-electron chi connectivity index (χ3n) is 3.44. The van der Waals surface area contributed by atoms with Crippen LogP contribution in [0.1, 0.15) is 20.7 Å². The number of amides is 2. The number of carbonyl (C=O) groups excluding carboxylic acids is 2. The van der Waals surface area contributed by atoms with Gasteiger partial charge in [0.2, 0.25) is 0 Å². The number of benzene rings is 2. The minimum absolute atomic E-state index is 0.258. The van der Waals surface area contributed by atoms with Crippen molar-refractivity contribution >= 4 is 32.7 Å². The van der Waals surface area contributed by atoms with E-state index in [1.54, 1.807) is 24.3 Å². The normalized spacial score (nSPS) is 14.8. The van der Waals surface area contributed by atoms with Gasteiger partial charge in [-0.2, -0.15) is 8.42 Å². The van der Waals surface area contributed by atoms with Crippen LogP contribution in [0.5, 0.6) is 0 Å². The Bertz CT molecular complexity index is 872. The highest BCUT2D eigenvalue weighted by molar-refractivity contribution is 7.85. The van der Waals surface area contributed by atoms with E-state index in [2.05, 4.69) is 0 Å². The summed E-state index contributed by atoms with van der Waals surface area (Å²) in [5.74, 6) is -1.74. The minimum Gasteiger partial charge on any atom is -0.285 e. The largest absolute Gasteiger partial charge is 0.285 e. The fourth-order valence-electron chi connectivity index (χ4n) is 2.46. The van der Waals surface area contributed by atoms with Gasteiger partial charge >= 0.3 is 0 Å². The third kappa shape index (κ3) is 2.30. The number of rotatable bonds is 3. The Labute approximate surface area is 120 Å². The van der Waals surface area contributed by atoms with E-state index in [9.17, 15) is 18.0 Å². The molecular formula is C14H11NO5S. The number of hydrogen-bond donors (Lipinski definition) is 1. The molecule has 1 N–H and O–H groups in total. The maximum atomic E-state index is 12.4. The van der Waals surface area contributed by atoms with Gasteiger partial charge in [-0.25, -0.2) is 0 Å². The van der Waals surface area contributed by atoms with Gasteiger partial charge in [-0.1, -0.05) is 30.3 Å². The zero-order valence-corrected chi connectivity index (χ0v) is 11.6. The molecule has 1 aliphatic heterocycles. The van der Waals surface area contributed by atoms with Crippen LogP contribution in [0.15, 0.2) is 36.4 Å². The number of carbonyl (C=O) groups is 2. The smallest absolute Gasteiger partial charge is 0.266 e. The van der Waals surface area contributed by atoms with Gasteiger partial charge in [-0.3, -0.25) is 19.0 Å². The second kappa shape index (κ2) is 4.64. The molecule has 1 aliphatic rings. The fourth-order valence-corrected chi connectivity index (χ4v) is 2.88. The van der Waals surface area contributed by atoms with E-state index in [0.29, 0.717) is 5.39 Å². The molecule has 3 rings (SSSR count). The van der Waals surface area contributed by atoms with Crippen molar-refractivity contribution in [3.05, 3.63) is 47.5 Å². The van der Waals surface area contributed by atoms with Crippen LogP contribution in [0, 0.1) is 0 Å². The summed E-state index contributed by atoms with van der Waals surface area (Å²) in [5.41, 5.74) is 0.544. The lowest BCUT2D eigenvalue weighted by molar-refractivity contribution is 0.0664. The Kier molecular flexibility index (Phi) is 3.03. The quantitative estimate of drug-likeness (QED) is 0.682. The first-order chi connectivity index (χ1) is 9.88. The Morgan fingerprint density at radius 2 is 1.71 bits per heavy atom. The predicted molar refractivity (Wildman–Crippen MR) is 75.7 cm³/mol. The molecule has 0 unspecified atom stereocenters. The molecule has 0 radical (unpaired) electrons.